The van der Waals surface area contributed by atoms with Crippen LogP contribution in [0.2, 0.25) is 0 Å². The molecule has 0 unspecified atom stereocenters. The number of aromatic nitrogens is 1. The Balaban J connectivity index is 2.03. The Bertz CT molecular complexity index is 623. The van der Waals surface area contributed by atoms with Crippen LogP contribution in [-0.2, 0) is 9.59 Å². The fraction of sp³-hybridized carbons (Fsp3) is 0.200. The summed E-state index contributed by atoms with van der Waals surface area (Å²) in [7, 11) is 0. The van der Waals surface area contributed by atoms with E-state index in [1.165, 1.54) is 0 Å². The van der Waals surface area contributed by atoms with E-state index in [-0.39, 0.29) is 18.7 Å². The minimum atomic E-state index is -1.10. The number of nitrogens with one attached hydrogen (secondary N) is 1. The molecule has 0 aliphatic heterocycles. The summed E-state index contributed by atoms with van der Waals surface area (Å²) in [5.74, 6) is -1.36. The SMILES string of the molecule is N[C@@H](CCC(=O)Nc1ccccc1-n1cccc1)C(=O)O. The van der Waals surface area contributed by atoms with Crippen molar-refractivity contribution in [3.8, 4) is 5.69 Å². The van der Waals surface area contributed by atoms with Gasteiger partial charge in [0.25, 0.3) is 0 Å². The Morgan fingerprint density at radius 2 is 1.86 bits per heavy atom. The molecule has 1 aromatic carbocycles. The minimum absolute atomic E-state index is 0.0630. The third-order valence-corrected chi connectivity index (χ3v) is 3.06. The number of carboxylic acid groups (broad SMARTS) is 1. The van der Waals surface area contributed by atoms with Gasteiger partial charge in [0.05, 0.1) is 11.4 Å². The Hall–Kier alpha value is -2.60. The zero-order chi connectivity index (χ0) is 15.2. The van der Waals surface area contributed by atoms with E-state index in [1.54, 1.807) is 6.07 Å². The standard InChI is InChI=1S/C15H17N3O3/c16-11(15(20)21)7-8-14(19)17-12-5-1-2-6-13(12)18-9-3-4-10-18/h1-6,9-11H,7-8,16H2,(H,17,19)(H,20,21)/t11-/m0/s1. The highest BCUT2D eigenvalue weighted by molar-refractivity contribution is 5.93. The van der Waals surface area contributed by atoms with E-state index in [4.69, 9.17) is 10.8 Å². The third kappa shape index (κ3) is 3.93. The van der Waals surface area contributed by atoms with E-state index in [0.717, 1.165) is 5.69 Å². The van der Waals surface area contributed by atoms with Gasteiger partial charge < -0.3 is 20.7 Å². The van der Waals surface area contributed by atoms with Gasteiger partial charge in [-0.1, -0.05) is 12.1 Å². The van der Waals surface area contributed by atoms with Crippen LogP contribution in [0, 0.1) is 0 Å². The predicted molar refractivity (Wildman–Crippen MR) is 79.2 cm³/mol. The number of carbonyl (C=O) groups is 2. The van der Waals surface area contributed by atoms with Crippen LogP contribution < -0.4 is 11.1 Å². The zero-order valence-corrected chi connectivity index (χ0v) is 11.4. The van der Waals surface area contributed by atoms with Gasteiger partial charge in [0.1, 0.15) is 6.04 Å². The summed E-state index contributed by atoms with van der Waals surface area (Å²) < 4.78 is 1.89. The molecule has 1 aromatic heterocycles. The largest absolute Gasteiger partial charge is 0.480 e. The average molecular weight is 287 g/mol. The Labute approximate surface area is 122 Å². The quantitative estimate of drug-likeness (QED) is 0.751. The normalized spacial score (nSPS) is 11.9. The smallest absolute Gasteiger partial charge is 0.320 e. The molecule has 110 valence electrons. The molecule has 1 amide bonds. The van der Waals surface area contributed by atoms with Crippen molar-refractivity contribution in [1.29, 1.82) is 0 Å². The van der Waals surface area contributed by atoms with Gasteiger partial charge in [0.15, 0.2) is 0 Å². The lowest BCUT2D eigenvalue weighted by molar-refractivity contribution is -0.138. The summed E-state index contributed by atoms with van der Waals surface area (Å²) in [5.41, 5.74) is 6.90. The molecule has 6 heteroatoms. The van der Waals surface area contributed by atoms with Crippen molar-refractivity contribution in [2.75, 3.05) is 5.32 Å². The molecule has 1 heterocycles. The van der Waals surface area contributed by atoms with Gasteiger partial charge in [-0.2, -0.15) is 0 Å². The molecule has 0 saturated carbocycles. The number of hydrogen-bond acceptors (Lipinski definition) is 3. The number of para-hydroxylation sites is 2. The van der Waals surface area contributed by atoms with E-state index >= 15 is 0 Å². The molecule has 2 rings (SSSR count). The molecule has 0 bridgehead atoms. The molecule has 0 radical (unpaired) electrons. The average Bonchev–Trinajstić information content (AvgIpc) is 2.99. The van der Waals surface area contributed by atoms with Crippen molar-refractivity contribution in [2.24, 2.45) is 5.73 Å². The summed E-state index contributed by atoms with van der Waals surface area (Å²) in [5, 5.41) is 11.5. The van der Waals surface area contributed by atoms with Crippen molar-refractivity contribution < 1.29 is 14.7 Å². The van der Waals surface area contributed by atoms with Crippen LogP contribution in [0.4, 0.5) is 5.69 Å². The maximum atomic E-state index is 11.9. The zero-order valence-electron chi connectivity index (χ0n) is 11.4. The van der Waals surface area contributed by atoms with Crippen molar-refractivity contribution >= 4 is 17.6 Å². The maximum absolute atomic E-state index is 11.9. The van der Waals surface area contributed by atoms with Crippen LogP contribution in [0.5, 0.6) is 0 Å². The van der Waals surface area contributed by atoms with E-state index in [9.17, 15) is 9.59 Å². The number of carbonyl (C=O) groups excluding carboxylic acids is 1. The molecule has 0 aliphatic carbocycles. The number of carboxylic acids is 1. The van der Waals surface area contributed by atoms with Crippen molar-refractivity contribution in [3.63, 3.8) is 0 Å². The first-order valence-electron chi connectivity index (χ1n) is 6.58. The molecule has 0 fully saturated rings. The van der Waals surface area contributed by atoms with Crippen LogP contribution in [0.15, 0.2) is 48.8 Å². The van der Waals surface area contributed by atoms with Gasteiger partial charge in [0.2, 0.25) is 5.91 Å². The van der Waals surface area contributed by atoms with E-state index < -0.39 is 12.0 Å². The van der Waals surface area contributed by atoms with E-state index in [0.29, 0.717) is 5.69 Å². The molecule has 0 aliphatic rings. The van der Waals surface area contributed by atoms with Gasteiger partial charge in [-0.25, -0.2) is 0 Å². The lowest BCUT2D eigenvalue weighted by atomic mass is 10.1. The van der Waals surface area contributed by atoms with Crippen molar-refractivity contribution in [3.05, 3.63) is 48.8 Å². The third-order valence-electron chi connectivity index (χ3n) is 3.06. The van der Waals surface area contributed by atoms with Crippen LogP contribution in [0.1, 0.15) is 12.8 Å². The highest BCUT2D eigenvalue weighted by Gasteiger charge is 2.14. The van der Waals surface area contributed by atoms with Crippen molar-refractivity contribution in [1.82, 2.24) is 4.57 Å². The van der Waals surface area contributed by atoms with Crippen LogP contribution in [0.3, 0.4) is 0 Å². The second-order valence-electron chi connectivity index (χ2n) is 4.64. The first kappa shape index (κ1) is 14.8. The first-order valence-corrected chi connectivity index (χ1v) is 6.58. The molecular formula is C15H17N3O3. The number of anilines is 1. The number of rotatable bonds is 6. The molecule has 4 N–H and O–H groups in total. The molecular weight excluding hydrogens is 270 g/mol. The van der Waals surface area contributed by atoms with Gasteiger partial charge in [-0.15, -0.1) is 0 Å². The number of hydrogen-bond donors (Lipinski definition) is 3. The molecule has 21 heavy (non-hydrogen) atoms. The van der Waals surface area contributed by atoms with Crippen LogP contribution in [-0.4, -0.2) is 27.6 Å². The molecule has 0 spiro atoms. The topological polar surface area (TPSA) is 97.4 Å². The van der Waals surface area contributed by atoms with Gasteiger partial charge in [0, 0.05) is 18.8 Å². The summed E-state index contributed by atoms with van der Waals surface area (Å²) in [4.78, 5) is 22.5. The van der Waals surface area contributed by atoms with Gasteiger partial charge >= 0.3 is 5.97 Å². The Kier molecular flexibility index (Phi) is 4.73. The van der Waals surface area contributed by atoms with Gasteiger partial charge in [-0.3, -0.25) is 9.59 Å². The number of nitrogens with two attached hydrogens (primary N) is 1. The Morgan fingerprint density at radius 3 is 2.52 bits per heavy atom. The van der Waals surface area contributed by atoms with E-state index in [1.807, 2.05) is 47.3 Å². The van der Waals surface area contributed by atoms with Crippen LogP contribution >= 0.6 is 0 Å². The second kappa shape index (κ2) is 6.71. The second-order valence-corrected chi connectivity index (χ2v) is 4.64. The van der Waals surface area contributed by atoms with Crippen molar-refractivity contribution in [2.45, 2.75) is 18.9 Å². The predicted octanol–water partition coefficient (Wildman–Crippen LogP) is 1.61. The maximum Gasteiger partial charge on any atom is 0.320 e. The summed E-state index contributed by atoms with van der Waals surface area (Å²) in [6.07, 6.45) is 3.93. The summed E-state index contributed by atoms with van der Waals surface area (Å²) in [6, 6.07) is 10.2. The fourth-order valence-electron chi connectivity index (χ4n) is 1.92. The molecule has 0 saturated heterocycles. The lowest BCUT2D eigenvalue weighted by Gasteiger charge is -2.12. The Morgan fingerprint density at radius 1 is 1.19 bits per heavy atom. The highest BCUT2D eigenvalue weighted by atomic mass is 16.4. The number of amides is 1. The summed E-state index contributed by atoms with van der Waals surface area (Å²) >= 11 is 0. The molecule has 1 atom stereocenters. The molecule has 2 aromatic rings. The molecule has 6 nitrogen and oxygen atoms in total. The lowest BCUT2D eigenvalue weighted by Crippen LogP contribution is -2.31. The van der Waals surface area contributed by atoms with Crippen LogP contribution in [0.25, 0.3) is 5.69 Å². The fourth-order valence-corrected chi connectivity index (χ4v) is 1.92. The monoisotopic (exact) mass is 287 g/mol. The number of aliphatic carboxylic acids is 1. The number of nitrogens with zero attached hydrogens (tertiary/aromatic N) is 1. The highest BCUT2D eigenvalue weighted by Crippen LogP contribution is 2.20. The minimum Gasteiger partial charge on any atom is -0.480 e. The number of benzene rings is 1. The van der Waals surface area contributed by atoms with Gasteiger partial charge in [-0.05, 0) is 30.7 Å². The summed E-state index contributed by atoms with van der Waals surface area (Å²) in [6.45, 7) is 0. The first-order chi connectivity index (χ1) is 10.1. The van der Waals surface area contributed by atoms with E-state index in [2.05, 4.69) is 5.32 Å².